The molecule has 0 saturated heterocycles. The minimum absolute atomic E-state index is 0.169. The first-order valence-electron chi connectivity index (χ1n) is 12.4. The van der Waals surface area contributed by atoms with Crippen LogP contribution in [0.5, 0.6) is 11.5 Å². The highest BCUT2D eigenvalue weighted by molar-refractivity contribution is 7.77. The van der Waals surface area contributed by atoms with E-state index in [4.69, 9.17) is 9.47 Å². The Balaban J connectivity index is 1.90. The van der Waals surface area contributed by atoms with Gasteiger partial charge in [0.2, 0.25) is 0 Å². The van der Waals surface area contributed by atoms with Gasteiger partial charge >= 0.3 is 0 Å². The number of hydrogen-bond donors (Lipinski definition) is 0. The Morgan fingerprint density at radius 2 is 1.36 bits per heavy atom. The minimum atomic E-state index is -0.832. The van der Waals surface area contributed by atoms with Crippen LogP contribution in [0.4, 0.5) is 0 Å². The molecular weight excluding hydrogens is 461 g/mol. The molecule has 36 heavy (non-hydrogen) atoms. The number of ether oxygens (including phenoxy) is 2. The highest BCUT2D eigenvalue weighted by Gasteiger charge is 2.32. The molecule has 0 amide bonds. The number of hydrogen-bond acceptors (Lipinski definition) is 3. The highest BCUT2D eigenvalue weighted by Crippen LogP contribution is 2.51. The zero-order valence-electron chi connectivity index (χ0n) is 22.8. The van der Waals surface area contributed by atoms with Crippen LogP contribution in [0.25, 0.3) is 0 Å². The zero-order valence-corrected chi connectivity index (χ0v) is 23.7. The van der Waals surface area contributed by atoms with Gasteiger partial charge in [0.1, 0.15) is 11.5 Å². The second-order valence-corrected chi connectivity index (χ2v) is 12.0. The Morgan fingerprint density at radius 3 is 1.78 bits per heavy atom. The lowest BCUT2D eigenvalue weighted by Gasteiger charge is -2.33. The smallest absolute Gasteiger partial charge is 0.124 e. The predicted octanol–water partition coefficient (Wildman–Crippen LogP) is 6.37. The van der Waals surface area contributed by atoms with Crippen molar-refractivity contribution in [2.45, 2.75) is 40.2 Å². The van der Waals surface area contributed by atoms with E-state index in [-0.39, 0.29) is 6.04 Å². The Labute approximate surface area is 218 Å². The van der Waals surface area contributed by atoms with Gasteiger partial charge in [-0.3, -0.25) is 4.90 Å². The van der Waals surface area contributed by atoms with Gasteiger partial charge in [-0.1, -0.05) is 18.2 Å². The summed E-state index contributed by atoms with van der Waals surface area (Å²) in [6.45, 7) is 8.57. The first-order chi connectivity index (χ1) is 17.3. The van der Waals surface area contributed by atoms with Gasteiger partial charge in [-0.05, 0) is 136 Å². The van der Waals surface area contributed by atoms with Crippen molar-refractivity contribution in [2.75, 3.05) is 28.3 Å². The molecule has 0 bridgehead atoms. The summed E-state index contributed by atoms with van der Waals surface area (Å²) in [4.78, 5) is 2.32. The minimum Gasteiger partial charge on any atom is -0.496 e. The lowest BCUT2D eigenvalue weighted by Crippen LogP contribution is -2.33. The van der Waals surface area contributed by atoms with Crippen LogP contribution in [-0.4, -0.2) is 39.3 Å². The highest BCUT2D eigenvalue weighted by atomic mass is 31.1. The van der Waals surface area contributed by atoms with Gasteiger partial charge < -0.3 is 9.47 Å². The molecule has 1 radical (unpaired) electrons. The number of methoxy groups -OCH3 is 2. The Bertz CT molecular complexity index is 1220. The van der Waals surface area contributed by atoms with E-state index in [0.717, 1.165) is 40.2 Å². The van der Waals surface area contributed by atoms with Crippen LogP contribution < -0.4 is 20.1 Å². The Morgan fingerprint density at radius 1 is 0.833 bits per heavy atom. The Hall–Kier alpha value is -2.83. The molecule has 2 aliphatic carbocycles. The van der Waals surface area contributed by atoms with Crippen LogP contribution >= 0.6 is 7.92 Å². The molecule has 3 nitrogen and oxygen atoms in total. The summed E-state index contributed by atoms with van der Waals surface area (Å²) >= 11 is 0. The van der Waals surface area contributed by atoms with E-state index in [9.17, 15) is 0 Å². The molecule has 2 aliphatic rings. The van der Waals surface area contributed by atoms with Crippen LogP contribution in [0, 0.1) is 34.1 Å². The molecule has 0 aliphatic heterocycles. The van der Waals surface area contributed by atoms with Crippen LogP contribution in [0.2, 0.25) is 0 Å². The largest absolute Gasteiger partial charge is 0.496 e. The maximum atomic E-state index is 5.71. The van der Waals surface area contributed by atoms with Crippen molar-refractivity contribution in [1.82, 2.24) is 4.90 Å². The van der Waals surface area contributed by atoms with Gasteiger partial charge in [0.15, 0.2) is 0 Å². The summed E-state index contributed by atoms with van der Waals surface area (Å²) in [6, 6.07) is 9.41. The second kappa shape index (κ2) is 11.1. The van der Waals surface area contributed by atoms with Crippen LogP contribution in [-0.2, 0) is 0 Å². The van der Waals surface area contributed by atoms with Crippen molar-refractivity contribution >= 4 is 18.5 Å². The number of allylic oxidation sites excluding steroid dienone is 4. The third kappa shape index (κ3) is 5.02. The summed E-state index contributed by atoms with van der Waals surface area (Å²) in [5, 5.41) is 4.01. The fourth-order valence-corrected chi connectivity index (χ4v) is 8.28. The van der Waals surface area contributed by atoms with E-state index in [1.54, 1.807) is 14.2 Å². The quantitative estimate of drug-likeness (QED) is 0.312. The van der Waals surface area contributed by atoms with Crippen molar-refractivity contribution in [2.24, 2.45) is 0 Å². The summed E-state index contributed by atoms with van der Waals surface area (Å²) in [5.74, 6) is 1.93. The molecule has 0 fully saturated rings. The van der Waals surface area contributed by atoms with Crippen molar-refractivity contribution in [1.29, 1.82) is 0 Å². The van der Waals surface area contributed by atoms with Crippen molar-refractivity contribution in [3.05, 3.63) is 106 Å². The molecule has 0 N–H and O–H groups in total. The summed E-state index contributed by atoms with van der Waals surface area (Å²) in [7, 11) is 7.01. The fourth-order valence-electron chi connectivity index (χ4n) is 5.48. The Kier molecular flexibility index (Phi) is 8.06. The fraction of sp³-hybridized carbons (Fsp3) is 0.312. The van der Waals surface area contributed by atoms with Crippen LogP contribution in [0.15, 0.2) is 76.8 Å². The molecule has 1 atom stereocenters. The maximum Gasteiger partial charge on any atom is 0.124 e. The molecule has 0 heterocycles. The second-order valence-electron chi connectivity index (χ2n) is 9.77. The van der Waals surface area contributed by atoms with E-state index >= 15 is 0 Å². The monoisotopic (exact) mass is 498 g/mol. The van der Waals surface area contributed by atoms with Crippen molar-refractivity contribution in [3.63, 3.8) is 0 Å². The standard InChI is InChI=1S/C32H37NO2P/c1-21-17-26(18-22(2)31(21)34-7)36(27-19-23(3)32(35-8)24(4)20-27)29-16-12-15-28(29)30(33(5)6)25-13-10-9-11-14-25/h9-13,16-20,30H,14H2,1-8H3/t30-/m1/s1. The average Bonchev–Trinajstić information content (AvgIpc) is 3.28. The predicted molar refractivity (Wildman–Crippen MR) is 154 cm³/mol. The average molecular weight is 499 g/mol. The van der Waals surface area contributed by atoms with Crippen LogP contribution in [0.1, 0.15) is 28.7 Å². The third-order valence-corrected chi connectivity index (χ3v) is 9.28. The number of aryl methyl sites for hydroxylation is 4. The van der Waals surface area contributed by atoms with Crippen LogP contribution in [0.3, 0.4) is 0 Å². The van der Waals surface area contributed by atoms with Gasteiger partial charge in [-0.2, -0.15) is 0 Å². The first-order valence-corrected chi connectivity index (χ1v) is 13.7. The zero-order chi connectivity index (χ0) is 26.0. The van der Waals surface area contributed by atoms with Gasteiger partial charge in [-0.25, -0.2) is 0 Å². The van der Waals surface area contributed by atoms with Crippen molar-refractivity contribution < 1.29 is 9.47 Å². The van der Waals surface area contributed by atoms with E-state index < -0.39 is 7.92 Å². The topological polar surface area (TPSA) is 21.7 Å². The van der Waals surface area contributed by atoms with E-state index in [0.29, 0.717) is 0 Å². The van der Waals surface area contributed by atoms with Gasteiger partial charge in [0.25, 0.3) is 0 Å². The van der Waals surface area contributed by atoms with Gasteiger partial charge in [-0.15, -0.1) is 5.73 Å². The molecular formula is C32H37NO2P. The lowest BCUT2D eigenvalue weighted by atomic mass is 9.92. The molecule has 0 unspecified atom stereocenters. The molecule has 4 rings (SSSR count). The molecule has 187 valence electrons. The van der Waals surface area contributed by atoms with E-state index in [1.807, 2.05) is 0 Å². The molecule has 4 heteroatoms. The lowest BCUT2D eigenvalue weighted by molar-refractivity contribution is 0.366. The first kappa shape index (κ1) is 26.2. The maximum absolute atomic E-state index is 5.71. The number of rotatable bonds is 8. The van der Waals surface area contributed by atoms with E-state index in [2.05, 4.69) is 113 Å². The normalized spacial score (nSPS) is 15.8. The van der Waals surface area contributed by atoms with Crippen molar-refractivity contribution in [3.8, 4) is 11.5 Å². The molecule has 2 aromatic rings. The SMILES string of the molecule is COc1c(C)cc(P(C2=CC=C=C2[C@@H](C2=C[CH]C=CC2)N(C)C)c2cc(C)c(OC)c(C)c2)cc1C. The summed E-state index contributed by atoms with van der Waals surface area (Å²) < 4.78 is 11.4. The number of nitrogens with zero attached hydrogens (tertiary/aromatic N) is 1. The van der Waals surface area contributed by atoms with Gasteiger partial charge in [0.05, 0.1) is 20.3 Å². The number of likely N-dealkylation sites (N-methyl/N-ethyl adjacent to an activating group) is 1. The summed E-state index contributed by atoms with van der Waals surface area (Å²) in [5.41, 5.74) is 11.0. The van der Waals surface area contributed by atoms with Gasteiger partial charge in [0, 0.05) is 12.0 Å². The third-order valence-electron chi connectivity index (χ3n) is 6.86. The molecule has 0 aromatic heterocycles. The molecule has 0 saturated carbocycles. The van der Waals surface area contributed by atoms with E-state index in [1.165, 1.54) is 27.1 Å². The number of benzene rings is 2. The summed E-state index contributed by atoms with van der Waals surface area (Å²) in [6.07, 6.45) is 14.1. The molecule has 0 spiro atoms. The molecule has 2 aromatic carbocycles.